The van der Waals surface area contributed by atoms with Crippen molar-refractivity contribution >= 4 is 15.7 Å². The van der Waals surface area contributed by atoms with E-state index in [0.717, 1.165) is 24.3 Å². The number of sulfonamides is 1. The van der Waals surface area contributed by atoms with Crippen LogP contribution in [0.1, 0.15) is 30.9 Å². The molecule has 1 aliphatic heterocycles. The number of hydrogen-bond acceptors (Lipinski definition) is 5. The fourth-order valence-corrected chi connectivity index (χ4v) is 4.10. The molecule has 25 heavy (non-hydrogen) atoms. The van der Waals surface area contributed by atoms with Crippen molar-refractivity contribution in [1.82, 2.24) is 9.62 Å². The van der Waals surface area contributed by atoms with E-state index in [2.05, 4.69) is 38.8 Å². The van der Waals surface area contributed by atoms with Crippen LogP contribution in [0.3, 0.4) is 0 Å². The molecule has 0 saturated carbocycles. The SMILES string of the molecule is COCCS(=O)(=O)NCC(c1ccc(N(C)C)cc1)N1CCCCC1. The van der Waals surface area contributed by atoms with Crippen LogP contribution in [-0.2, 0) is 14.8 Å². The number of benzene rings is 1. The molecular weight excluding hydrogens is 338 g/mol. The summed E-state index contributed by atoms with van der Waals surface area (Å²) in [6, 6.07) is 8.46. The molecular formula is C18H31N3O3S. The largest absolute Gasteiger partial charge is 0.384 e. The smallest absolute Gasteiger partial charge is 0.213 e. The second-order valence-corrected chi connectivity index (χ2v) is 8.68. The van der Waals surface area contributed by atoms with Gasteiger partial charge in [0, 0.05) is 39.5 Å². The number of piperidine rings is 1. The average Bonchev–Trinajstić information content (AvgIpc) is 2.61. The molecule has 142 valence electrons. The zero-order valence-electron chi connectivity index (χ0n) is 15.6. The minimum absolute atomic E-state index is 0.00418. The summed E-state index contributed by atoms with van der Waals surface area (Å²) in [6.07, 6.45) is 3.59. The summed E-state index contributed by atoms with van der Waals surface area (Å²) in [4.78, 5) is 4.46. The quantitative estimate of drug-likeness (QED) is 0.720. The number of ether oxygens (including phenoxy) is 1. The molecule has 0 radical (unpaired) electrons. The van der Waals surface area contributed by atoms with Crippen molar-refractivity contribution < 1.29 is 13.2 Å². The van der Waals surface area contributed by atoms with Crippen molar-refractivity contribution in [2.75, 3.05) is 58.1 Å². The van der Waals surface area contributed by atoms with Gasteiger partial charge in [0.2, 0.25) is 10.0 Å². The van der Waals surface area contributed by atoms with Gasteiger partial charge in [0.15, 0.2) is 0 Å². The van der Waals surface area contributed by atoms with Gasteiger partial charge in [-0.3, -0.25) is 4.90 Å². The van der Waals surface area contributed by atoms with Gasteiger partial charge in [-0.05, 0) is 43.6 Å². The number of rotatable bonds is 9. The Kier molecular flexibility index (Phi) is 7.68. The molecule has 0 aromatic heterocycles. The number of anilines is 1. The van der Waals surface area contributed by atoms with Crippen molar-refractivity contribution in [3.8, 4) is 0 Å². The lowest BCUT2D eigenvalue weighted by Gasteiger charge is -2.35. The van der Waals surface area contributed by atoms with Crippen LogP contribution >= 0.6 is 0 Å². The Bertz CT molecular complexity index is 611. The van der Waals surface area contributed by atoms with E-state index < -0.39 is 10.0 Å². The van der Waals surface area contributed by atoms with Gasteiger partial charge in [0.05, 0.1) is 12.4 Å². The first-order valence-corrected chi connectivity index (χ1v) is 10.6. The van der Waals surface area contributed by atoms with E-state index >= 15 is 0 Å². The van der Waals surface area contributed by atoms with Crippen LogP contribution in [-0.4, -0.2) is 66.5 Å². The first kappa shape index (κ1) is 20.2. The molecule has 1 aromatic carbocycles. The van der Waals surface area contributed by atoms with Crippen LogP contribution < -0.4 is 9.62 Å². The molecule has 6 nitrogen and oxygen atoms in total. The lowest BCUT2D eigenvalue weighted by Crippen LogP contribution is -2.41. The molecule has 0 aliphatic carbocycles. The van der Waals surface area contributed by atoms with Gasteiger partial charge in [-0.25, -0.2) is 13.1 Å². The second kappa shape index (κ2) is 9.52. The van der Waals surface area contributed by atoms with E-state index in [1.165, 1.54) is 26.4 Å². The molecule has 7 heteroatoms. The van der Waals surface area contributed by atoms with E-state index in [1.54, 1.807) is 0 Å². The zero-order valence-corrected chi connectivity index (χ0v) is 16.4. The molecule has 1 aliphatic rings. The van der Waals surface area contributed by atoms with E-state index in [-0.39, 0.29) is 18.4 Å². The van der Waals surface area contributed by atoms with Crippen molar-refractivity contribution in [2.24, 2.45) is 0 Å². The van der Waals surface area contributed by atoms with Crippen LogP contribution in [0.2, 0.25) is 0 Å². The number of nitrogens with one attached hydrogen (secondary N) is 1. The van der Waals surface area contributed by atoms with Gasteiger partial charge in [0.1, 0.15) is 0 Å². The summed E-state index contributed by atoms with van der Waals surface area (Å²) in [6.45, 7) is 2.63. The summed E-state index contributed by atoms with van der Waals surface area (Å²) in [5, 5.41) is 0. The van der Waals surface area contributed by atoms with E-state index in [9.17, 15) is 8.42 Å². The first-order chi connectivity index (χ1) is 11.9. The standard InChI is InChI=1S/C18H31N3O3S/c1-20(2)17-9-7-16(8-10-17)18(21-11-5-4-6-12-21)15-19-25(22,23)14-13-24-3/h7-10,18-19H,4-6,11-15H2,1-3H3. The predicted octanol–water partition coefficient (Wildman–Crippen LogP) is 1.85. The first-order valence-electron chi connectivity index (χ1n) is 8.90. The van der Waals surface area contributed by atoms with Crippen molar-refractivity contribution in [1.29, 1.82) is 0 Å². The van der Waals surface area contributed by atoms with Crippen molar-refractivity contribution in [2.45, 2.75) is 25.3 Å². The fourth-order valence-electron chi connectivity index (χ4n) is 3.15. The maximum absolute atomic E-state index is 12.1. The van der Waals surface area contributed by atoms with Crippen LogP contribution in [0.5, 0.6) is 0 Å². The maximum Gasteiger partial charge on any atom is 0.213 e. The summed E-state index contributed by atoms with van der Waals surface area (Å²) in [7, 11) is 2.23. The number of methoxy groups -OCH3 is 1. The average molecular weight is 370 g/mol. The minimum Gasteiger partial charge on any atom is -0.384 e. The molecule has 2 rings (SSSR count). The van der Waals surface area contributed by atoms with Gasteiger partial charge < -0.3 is 9.64 Å². The summed E-state index contributed by atoms with van der Waals surface area (Å²) in [5.41, 5.74) is 2.30. The summed E-state index contributed by atoms with van der Waals surface area (Å²) >= 11 is 0. The predicted molar refractivity (Wildman–Crippen MR) is 103 cm³/mol. The summed E-state index contributed by atoms with van der Waals surface area (Å²) < 4.78 is 31.9. The normalized spacial score (nSPS) is 17.4. The molecule has 1 saturated heterocycles. The van der Waals surface area contributed by atoms with Gasteiger partial charge in [-0.1, -0.05) is 18.6 Å². The Labute approximate surface area is 152 Å². The monoisotopic (exact) mass is 369 g/mol. The molecule has 1 N–H and O–H groups in total. The molecule has 0 amide bonds. The maximum atomic E-state index is 12.1. The molecule has 1 fully saturated rings. The highest BCUT2D eigenvalue weighted by molar-refractivity contribution is 7.89. The van der Waals surface area contributed by atoms with Gasteiger partial charge >= 0.3 is 0 Å². The Morgan fingerprint density at radius 3 is 2.36 bits per heavy atom. The highest BCUT2D eigenvalue weighted by atomic mass is 32.2. The van der Waals surface area contributed by atoms with Crippen LogP contribution in [0, 0.1) is 0 Å². The van der Waals surface area contributed by atoms with Crippen molar-refractivity contribution in [3.63, 3.8) is 0 Å². The Hall–Kier alpha value is -1.15. The second-order valence-electron chi connectivity index (χ2n) is 6.76. The van der Waals surface area contributed by atoms with Crippen LogP contribution in [0.4, 0.5) is 5.69 Å². The lowest BCUT2D eigenvalue weighted by molar-refractivity contribution is 0.164. The summed E-state index contributed by atoms with van der Waals surface area (Å²) in [5.74, 6) is -0.00418. The lowest BCUT2D eigenvalue weighted by atomic mass is 10.0. The Balaban J connectivity index is 2.12. The molecule has 0 bridgehead atoms. The third kappa shape index (κ3) is 6.26. The van der Waals surface area contributed by atoms with E-state index in [4.69, 9.17) is 4.74 Å². The van der Waals surface area contributed by atoms with Crippen molar-refractivity contribution in [3.05, 3.63) is 29.8 Å². The third-order valence-corrected chi connectivity index (χ3v) is 5.99. The van der Waals surface area contributed by atoms with E-state index in [0.29, 0.717) is 6.54 Å². The number of nitrogens with zero attached hydrogens (tertiary/aromatic N) is 2. The number of hydrogen-bond donors (Lipinski definition) is 1. The van der Waals surface area contributed by atoms with Gasteiger partial charge in [-0.2, -0.15) is 0 Å². The van der Waals surface area contributed by atoms with Crippen LogP contribution in [0.15, 0.2) is 24.3 Å². The molecule has 1 aromatic rings. The Morgan fingerprint density at radius 2 is 1.80 bits per heavy atom. The molecule has 1 atom stereocenters. The Morgan fingerprint density at radius 1 is 1.16 bits per heavy atom. The molecule has 0 spiro atoms. The van der Waals surface area contributed by atoms with Gasteiger partial charge in [0.25, 0.3) is 0 Å². The topological polar surface area (TPSA) is 61.9 Å². The highest BCUT2D eigenvalue weighted by Crippen LogP contribution is 2.26. The number of likely N-dealkylation sites (tertiary alicyclic amines) is 1. The third-order valence-electron chi connectivity index (χ3n) is 4.68. The van der Waals surface area contributed by atoms with Gasteiger partial charge in [-0.15, -0.1) is 0 Å². The molecule has 1 heterocycles. The van der Waals surface area contributed by atoms with Crippen LogP contribution in [0.25, 0.3) is 0 Å². The fraction of sp³-hybridized carbons (Fsp3) is 0.667. The minimum atomic E-state index is -3.32. The highest BCUT2D eigenvalue weighted by Gasteiger charge is 2.24. The zero-order chi connectivity index (χ0) is 18.3. The van der Waals surface area contributed by atoms with E-state index in [1.807, 2.05) is 14.1 Å². The molecule has 1 unspecified atom stereocenters.